The first kappa shape index (κ1) is 100. The number of pyridine rings is 3. The van der Waals surface area contributed by atoms with Crippen LogP contribution < -0.4 is 28.7 Å². The number of benzene rings is 6. The van der Waals surface area contributed by atoms with Crippen molar-refractivity contribution < 1.29 is 57.5 Å². The Labute approximate surface area is 774 Å². The number of methoxy groups -OCH3 is 2. The molecule has 20 heteroatoms. The Kier molecular flexibility index (Phi) is 45.3. The van der Waals surface area contributed by atoms with E-state index in [1.165, 1.54) is 186 Å². The first-order valence-electron chi connectivity index (χ1n) is 43.9. The van der Waals surface area contributed by atoms with E-state index in [1.54, 1.807) is 24.3 Å². The number of rotatable bonds is 46. The average Bonchev–Trinajstić information content (AvgIpc) is 1.60. The van der Waals surface area contributed by atoms with Crippen LogP contribution >= 0.6 is 47.1 Å². The molecule has 5 aromatic heterocycles. The topological polar surface area (TPSA) is 179 Å². The van der Waals surface area contributed by atoms with E-state index < -0.39 is 11.9 Å². The summed E-state index contributed by atoms with van der Waals surface area (Å²) in [6, 6.07) is 68.2. The van der Waals surface area contributed by atoms with Gasteiger partial charge in [-0.2, -0.15) is 10.3 Å². The van der Waals surface area contributed by atoms with Crippen LogP contribution in [0.1, 0.15) is 251 Å². The van der Waals surface area contributed by atoms with Crippen molar-refractivity contribution in [2.24, 2.45) is 0 Å². The normalized spacial score (nSPS) is 11.0. The maximum atomic E-state index is 11.5. The van der Waals surface area contributed by atoms with Gasteiger partial charge in [-0.05, 0) is 218 Å². The molecule has 15 nitrogen and oxygen atoms in total. The van der Waals surface area contributed by atoms with Crippen LogP contribution in [-0.4, -0.2) is 77.9 Å². The van der Waals surface area contributed by atoms with E-state index in [0.29, 0.717) is 29.1 Å². The molecule has 654 valence electrons. The number of carbonyl (C=O) groups excluding carboxylic acids is 2. The maximum Gasteiger partial charge on any atom is 2.00 e. The van der Waals surface area contributed by atoms with Gasteiger partial charge in [0, 0.05) is 55.8 Å². The van der Waals surface area contributed by atoms with Crippen LogP contribution in [0.2, 0.25) is 0 Å². The van der Waals surface area contributed by atoms with Crippen LogP contribution in [0, 0.1) is 20.5 Å². The van der Waals surface area contributed by atoms with Crippen LogP contribution in [-0.2, 0) is 35.5 Å². The summed E-state index contributed by atoms with van der Waals surface area (Å²) in [7, 11) is 2.61. The van der Waals surface area contributed by atoms with E-state index >= 15 is 0 Å². The molecular weight excluding hydrogens is 1720 g/mol. The molecule has 12 rings (SSSR count). The van der Waals surface area contributed by atoms with E-state index in [4.69, 9.17) is 34.7 Å². The van der Waals surface area contributed by atoms with E-state index in [1.807, 2.05) is 28.9 Å². The third-order valence-corrected chi connectivity index (χ3v) is 23.3. The second-order valence-corrected chi connectivity index (χ2v) is 33.3. The molecule has 11 aromatic rings. The number of isothiocyanates is 2. The predicted octanol–water partition coefficient (Wildman–Crippen LogP) is 29.5. The molecule has 6 aromatic carbocycles. The van der Waals surface area contributed by atoms with Crippen molar-refractivity contribution in [3.8, 4) is 55.3 Å². The molecule has 0 aliphatic carbocycles. The molecule has 1 aliphatic rings. The first-order valence-corrected chi connectivity index (χ1v) is 46.4. The molecule has 6 heterocycles. The van der Waals surface area contributed by atoms with Gasteiger partial charge in [0.25, 0.3) is 0 Å². The van der Waals surface area contributed by atoms with Crippen molar-refractivity contribution in [3.63, 3.8) is 0 Å². The van der Waals surface area contributed by atoms with Gasteiger partial charge in [-0.1, -0.05) is 259 Å². The number of unbranched alkanes of at least 4 members (excludes halogenated alkanes) is 20. The molecule has 0 N–H and O–H groups in total. The number of thiocarbonyl (C=S) groups is 2. The van der Waals surface area contributed by atoms with E-state index in [2.05, 4.69) is 284 Å². The van der Waals surface area contributed by atoms with Gasteiger partial charge in [-0.15, -0.1) is 22.7 Å². The monoisotopic (exact) mass is 1840 g/mol. The Hall–Kier alpha value is -10.4. The molecule has 125 heavy (non-hydrogen) atoms. The smallest absolute Gasteiger partial charge is 0.753 e. The summed E-state index contributed by atoms with van der Waals surface area (Å²) in [5, 5.41) is 16.9. The summed E-state index contributed by atoms with van der Waals surface area (Å²) in [6.07, 6.45) is 39.2. The van der Waals surface area contributed by atoms with E-state index in [0.717, 1.165) is 152 Å². The van der Waals surface area contributed by atoms with E-state index in [-0.39, 0.29) is 19.5 Å². The van der Waals surface area contributed by atoms with Crippen molar-refractivity contribution in [1.82, 2.24) is 15.0 Å². The largest absolute Gasteiger partial charge is 2.00 e. The third kappa shape index (κ3) is 32.8. The van der Waals surface area contributed by atoms with Crippen molar-refractivity contribution in [3.05, 3.63) is 290 Å². The van der Waals surface area contributed by atoms with Crippen LogP contribution in [0.3, 0.4) is 0 Å². The SMILES string of the molecule is CCCCCCCCOc1ccc(C(=Cc2ccc(-c3cc4c(cc3-c3ccc(C=C(c5ccc(OCCCCCCCC)cc5)c5ccc(OCCCCCCCC)cc5)s3)N(c3cc(C)ccn3)[C]N4Cc3ccc(C)cc3)s2)c2ccc(OCCCCCCCC)cc2)cc1.COC(=O)c1ccnc(-c2cc(C(=O)OC)ccn2)c1.[N-]=C=S.[N-]=C=S.[Ru+2]. The number of carbonyl (C=O) groups is 2. The number of hydrogen-bond donors (Lipinski definition) is 0. The number of hydrogen-bond acceptors (Lipinski definition) is 17. The molecule has 0 amide bonds. The Morgan fingerprint density at radius 2 is 0.736 bits per heavy atom. The van der Waals surface area contributed by atoms with Gasteiger partial charge in [-0.3, -0.25) is 14.9 Å². The summed E-state index contributed by atoms with van der Waals surface area (Å²) in [5.74, 6) is 3.54. The number of esters is 2. The minimum atomic E-state index is -0.460. The number of anilines is 3. The van der Waals surface area contributed by atoms with Crippen molar-refractivity contribution >= 4 is 110 Å². The molecule has 0 spiro atoms. The fourth-order valence-electron chi connectivity index (χ4n) is 14.4. The number of aryl methyl sites for hydroxylation is 2. The quantitative estimate of drug-likeness (QED) is 0.0116. The Morgan fingerprint density at radius 3 is 1.08 bits per heavy atom. The van der Waals surface area contributed by atoms with Crippen molar-refractivity contribution in [2.75, 3.05) is 50.4 Å². The minimum Gasteiger partial charge on any atom is -0.753 e. The second kappa shape index (κ2) is 56.6. The molecular formula is C105H119N7O8RuS4. The molecule has 0 unspecified atom stereocenters. The Bertz CT molecular complexity index is 4980. The zero-order valence-corrected chi connectivity index (χ0v) is 78.8. The van der Waals surface area contributed by atoms with Crippen LogP contribution in [0.25, 0.3) is 66.4 Å². The van der Waals surface area contributed by atoms with Crippen molar-refractivity contribution in [1.29, 1.82) is 0 Å². The number of ether oxygens (including phenoxy) is 6. The molecule has 0 saturated carbocycles. The fourth-order valence-corrected chi connectivity index (χ4v) is 16.3. The van der Waals surface area contributed by atoms with Gasteiger partial charge in [0.1, 0.15) is 28.8 Å². The zero-order chi connectivity index (χ0) is 87.9. The standard InChI is InChI=1S/C89H107N3O4S2.C14H12N2O4.2CNS.Ru/c1-7-11-15-19-23-27-57-93-75-43-35-71(36-44-75)81(72-37-45-76(46-38-72)94-58-28-24-20-16-12-8-2)62-79-51-53-87(97-79)83-64-85-86(92(89-61-69(6)55-56-90-89)67-91(85)66-70-33-31-68(5)32-34-70)65-84(83)88-54-52-80(98-88)63-82(73-39-47-77(48-40-73)95-59-29-25-21-17-13-9-3)74-41-49-78(50-42-74)96-60-30-26-22-18-14-10-4;1-19-13(17)9-3-5-15-11(7-9)12-8-10(4-6-16-12)14(18)20-2;2*2-1-3;/h31-56,61-65H,7-30,57-60,66H2,1-6H3;3-8H,1-2H3;;;/q;;2*-1;+2. The summed E-state index contributed by atoms with van der Waals surface area (Å²) in [5.41, 5.74) is 16.5. The number of thiophene rings is 2. The van der Waals surface area contributed by atoms with Crippen LogP contribution in [0.5, 0.6) is 23.0 Å². The van der Waals surface area contributed by atoms with Gasteiger partial charge in [0.2, 0.25) is 6.67 Å². The minimum absolute atomic E-state index is 0. The molecule has 0 bridgehead atoms. The van der Waals surface area contributed by atoms with Crippen LogP contribution in [0.4, 0.5) is 17.2 Å². The number of fused-ring (bicyclic) bond motifs is 1. The summed E-state index contributed by atoms with van der Waals surface area (Å²) in [4.78, 5) is 45.3. The summed E-state index contributed by atoms with van der Waals surface area (Å²) >= 11 is 11.0. The van der Waals surface area contributed by atoms with Crippen molar-refractivity contribution in [2.45, 2.75) is 202 Å². The zero-order valence-electron chi connectivity index (χ0n) is 73.8. The number of aromatic nitrogens is 3. The van der Waals surface area contributed by atoms with Gasteiger partial charge >= 0.3 is 31.4 Å². The molecule has 1 aliphatic heterocycles. The maximum absolute atomic E-state index is 11.5. The van der Waals surface area contributed by atoms with Gasteiger partial charge < -0.3 is 44.1 Å². The molecule has 2 radical (unpaired) electrons. The van der Waals surface area contributed by atoms with Gasteiger partial charge in [0.15, 0.2) is 0 Å². The molecule has 0 atom stereocenters. The molecule has 0 fully saturated rings. The fraction of sp³-hybridized carbons (Fsp3) is 0.352. The van der Waals surface area contributed by atoms with Crippen LogP contribution in [0.15, 0.2) is 213 Å². The Balaban J connectivity index is 0.000000615. The Morgan fingerprint density at radius 1 is 0.400 bits per heavy atom. The third-order valence-electron chi connectivity index (χ3n) is 21.2. The van der Waals surface area contributed by atoms with Gasteiger partial charge in [-0.25, -0.2) is 14.6 Å². The second-order valence-electron chi connectivity index (χ2n) is 30.7. The van der Waals surface area contributed by atoms with E-state index in [9.17, 15) is 9.59 Å². The first-order chi connectivity index (χ1) is 60.7. The predicted molar refractivity (Wildman–Crippen MR) is 522 cm³/mol. The van der Waals surface area contributed by atoms with Gasteiger partial charge in [0.05, 0.1) is 74.5 Å². The summed E-state index contributed by atoms with van der Waals surface area (Å²) in [6.45, 7) is 20.8. The average molecular weight is 1840 g/mol. The summed E-state index contributed by atoms with van der Waals surface area (Å²) < 4.78 is 34.6. The number of nitrogens with zero attached hydrogens (tertiary/aromatic N) is 7. The molecule has 0 saturated heterocycles.